The Morgan fingerprint density at radius 2 is 0.972 bits per heavy atom. The van der Waals surface area contributed by atoms with Crippen molar-refractivity contribution in [3.63, 3.8) is 0 Å². The highest BCUT2D eigenvalue weighted by atomic mass is 16.6. The zero-order valence-corrected chi connectivity index (χ0v) is 21.9. The van der Waals surface area contributed by atoms with Crippen molar-refractivity contribution in [1.29, 1.82) is 0 Å². The first-order chi connectivity index (χ1) is 17.3. The number of hydrogen-bond donors (Lipinski definition) is 2. The number of fused-ring (bicyclic) bond motifs is 2. The Morgan fingerprint density at radius 3 is 1.36 bits per heavy atom. The largest absolute Gasteiger partial charge is 0.627 e. The van der Waals surface area contributed by atoms with Gasteiger partial charge in [-0.25, -0.2) is 0 Å². The molecule has 4 aliphatic rings. The van der Waals surface area contributed by atoms with Crippen molar-refractivity contribution >= 4 is 0 Å². The molecular weight excluding hydrogens is 448 g/mol. The molecule has 6 nitrogen and oxygen atoms in total. The highest BCUT2D eigenvalue weighted by Crippen LogP contribution is 2.37. The summed E-state index contributed by atoms with van der Waals surface area (Å²) in [7, 11) is 0. The predicted octanol–water partition coefficient (Wildman–Crippen LogP) is 5.99. The van der Waals surface area contributed by atoms with Crippen LogP contribution in [0.4, 0.5) is 0 Å². The second-order valence-corrected chi connectivity index (χ2v) is 10.6. The van der Waals surface area contributed by atoms with Crippen LogP contribution < -0.4 is 11.5 Å². The molecule has 0 aromatic rings. The molecule has 2 heterocycles. The summed E-state index contributed by atoms with van der Waals surface area (Å²) in [6, 6.07) is -0.429. The van der Waals surface area contributed by atoms with Crippen molar-refractivity contribution in [2.75, 3.05) is 13.1 Å². The Kier molecular flexibility index (Phi) is 8.20. The van der Waals surface area contributed by atoms with Crippen LogP contribution in [0.3, 0.4) is 0 Å². The van der Waals surface area contributed by atoms with Gasteiger partial charge in [-0.2, -0.15) is 0 Å². The van der Waals surface area contributed by atoms with Crippen molar-refractivity contribution in [3.8, 4) is 0 Å². The first-order valence-electron chi connectivity index (χ1n) is 13.5. The third-order valence-electron chi connectivity index (χ3n) is 8.22. The zero-order valence-electron chi connectivity index (χ0n) is 21.9. The molecule has 4 atom stereocenters. The lowest BCUT2D eigenvalue weighted by atomic mass is 9.93. The Labute approximate surface area is 216 Å². The average Bonchev–Trinajstić information content (AvgIpc) is 2.88. The van der Waals surface area contributed by atoms with Crippen LogP contribution >= 0.6 is 0 Å². The van der Waals surface area contributed by atoms with E-state index in [0.717, 1.165) is 61.1 Å². The molecule has 0 radical (unpaired) electrons. The van der Waals surface area contributed by atoms with Crippen molar-refractivity contribution in [2.45, 2.75) is 77.3 Å². The Morgan fingerprint density at radius 1 is 0.611 bits per heavy atom. The third-order valence-corrected chi connectivity index (χ3v) is 8.22. The summed E-state index contributed by atoms with van der Waals surface area (Å²) in [4.78, 5) is 0. The number of allylic oxidation sites excluding steroid dienone is 8. The van der Waals surface area contributed by atoms with Crippen molar-refractivity contribution in [1.82, 2.24) is 0 Å². The third kappa shape index (κ3) is 5.23. The Bertz CT molecular complexity index is 1000. The molecule has 36 heavy (non-hydrogen) atoms. The minimum atomic E-state index is -0.311. The number of nitrogens with zero attached hydrogens (tertiary/aromatic N) is 2. The van der Waals surface area contributed by atoms with Crippen LogP contribution in [0.2, 0.25) is 0 Å². The molecule has 4 unspecified atom stereocenters. The van der Waals surface area contributed by atoms with Crippen molar-refractivity contribution in [3.05, 3.63) is 105 Å². The van der Waals surface area contributed by atoms with Crippen LogP contribution in [-0.4, -0.2) is 34.5 Å². The van der Waals surface area contributed by atoms with Gasteiger partial charge in [0, 0.05) is 48.5 Å². The van der Waals surface area contributed by atoms with Gasteiger partial charge in [0.2, 0.25) is 0 Å². The summed E-state index contributed by atoms with van der Waals surface area (Å²) in [6.07, 6.45) is 28.1. The van der Waals surface area contributed by atoms with Gasteiger partial charge in [0.1, 0.15) is 23.5 Å². The van der Waals surface area contributed by atoms with Crippen molar-refractivity contribution < 1.29 is 9.29 Å². The maximum atomic E-state index is 13.7. The fourth-order valence-corrected chi connectivity index (χ4v) is 5.98. The normalized spacial score (nSPS) is 30.9. The predicted molar refractivity (Wildman–Crippen MR) is 148 cm³/mol. The number of quaternary nitrogens is 2. The topological polar surface area (TPSA) is 98.2 Å². The van der Waals surface area contributed by atoms with E-state index < -0.39 is 0 Å². The van der Waals surface area contributed by atoms with Crippen LogP contribution in [-0.2, 0) is 0 Å². The monoisotopic (exact) mass is 490 g/mol. The van der Waals surface area contributed by atoms with Gasteiger partial charge in [0.05, 0.1) is 13.1 Å². The standard InChI is InChI=1S/C30H42N4O2/c1-23-21-27(31)25-15-9-11-17-29(25)33(23,35)19-13-7-5-3-4-6-8-14-20-34(36)24(2)22-28(32)26-16-10-12-18-30(26)34/h9-12,15-18,21-22,29-30H,3-8,13-14,19-20,31-32H2,1-2H3. The minimum Gasteiger partial charge on any atom is -0.627 e. The van der Waals surface area contributed by atoms with Gasteiger partial charge in [-0.1, -0.05) is 62.1 Å². The highest BCUT2D eigenvalue weighted by Gasteiger charge is 2.37. The molecule has 4 rings (SSSR count). The number of nitrogens with two attached hydrogens (primary N) is 2. The fraction of sp³-hybridized carbons (Fsp3) is 0.467. The van der Waals surface area contributed by atoms with Gasteiger partial charge in [-0.15, -0.1) is 0 Å². The van der Waals surface area contributed by atoms with Crippen LogP contribution in [0.1, 0.15) is 65.2 Å². The van der Waals surface area contributed by atoms with Gasteiger partial charge in [0.15, 0.2) is 0 Å². The second-order valence-electron chi connectivity index (χ2n) is 10.6. The van der Waals surface area contributed by atoms with E-state index >= 15 is 0 Å². The quantitative estimate of drug-likeness (QED) is 0.211. The number of unbranched alkanes of at least 4 members (excludes halogenated alkanes) is 7. The van der Waals surface area contributed by atoms with E-state index in [4.69, 9.17) is 11.5 Å². The van der Waals surface area contributed by atoms with Crippen LogP contribution in [0.25, 0.3) is 0 Å². The summed E-state index contributed by atoms with van der Waals surface area (Å²) in [6.45, 7) is 4.99. The molecule has 0 fully saturated rings. The first-order valence-corrected chi connectivity index (χ1v) is 13.5. The van der Waals surface area contributed by atoms with Crippen molar-refractivity contribution in [2.24, 2.45) is 11.5 Å². The SMILES string of the molecule is CC1=CC(N)=C2C=CC=CC2[N+]1([O-])CCCCCCCCCC[N+]1([O-])C(C)=CC(N)=C2C=CC=CC21. The van der Waals surface area contributed by atoms with E-state index in [2.05, 4.69) is 0 Å². The maximum Gasteiger partial charge on any atom is 0.140 e. The van der Waals surface area contributed by atoms with E-state index in [0.29, 0.717) is 24.5 Å². The molecule has 0 saturated heterocycles. The molecule has 2 aliphatic heterocycles. The maximum absolute atomic E-state index is 13.7. The van der Waals surface area contributed by atoms with Crippen LogP contribution in [0.5, 0.6) is 0 Å². The van der Waals surface area contributed by atoms with Gasteiger partial charge in [0.25, 0.3) is 0 Å². The Balaban J connectivity index is 1.13. The lowest BCUT2D eigenvalue weighted by molar-refractivity contribution is -0.857. The molecule has 0 spiro atoms. The zero-order chi connectivity index (χ0) is 25.8. The summed E-state index contributed by atoms with van der Waals surface area (Å²) in [5.41, 5.74) is 17.3. The first kappa shape index (κ1) is 26.4. The molecule has 6 heteroatoms. The van der Waals surface area contributed by atoms with E-state index in [1.165, 1.54) is 12.8 Å². The Hall–Kier alpha value is -2.64. The highest BCUT2D eigenvalue weighted by molar-refractivity contribution is 5.45. The molecule has 0 amide bonds. The number of hydrogen-bond acceptors (Lipinski definition) is 4. The lowest BCUT2D eigenvalue weighted by Gasteiger charge is -2.50. The molecule has 0 aromatic heterocycles. The van der Waals surface area contributed by atoms with Gasteiger partial charge >= 0.3 is 0 Å². The van der Waals surface area contributed by atoms with E-state index in [-0.39, 0.29) is 21.4 Å². The van der Waals surface area contributed by atoms with Crippen LogP contribution in [0.15, 0.2) is 94.7 Å². The van der Waals surface area contributed by atoms with E-state index in [1.807, 2.05) is 74.6 Å². The number of rotatable bonds is 11. The van der Waals surface area contributed by atoms with Gasteiger partial charge in [-0.05, 0) is 37.8 Å². The molecule has 194 valence electrons. The minimum absolute atomic E-state index is 0.214. The second kappa shape index (κ2) is 11.2. The van der Waals surface area contributed by atoms with E-state index in [1.54, 1.807) is 0 Å². The van der Waals surface area contributed by atoms with E-state index in [9.17, 15) is 10.4 Å². The number of hydroxylamine groups is 6. The molecule has 2 aliphatic carbocycles. The molecule has 0 aromatic carbocycles. The smallest absolute Gasteiger partial charge is 0.140 e. The molecule has 0 saturated carbocycles. The van der Waals surface area contributed by atoms with Crippen LogP contribution in [0, 0.1) is 10.4 Å². The van der Waals surface area contributed by atoms with Gasteiger partial charge in [-0.3, -0.25) is 0 Å². The summed E-state index contributed by atoms with van der Waals surface area (Å²) in [5, 5.41) is 27.4. The summed E-state index contributed by atoms with van der Waals surface area (Å²) >= 11 is 0. The summed E-state index contributed by atoms with van der Waals surface area (Å²) < 4.78 is -0.622. The average molecular weight is 491 g/mol. The lowest BCUT2D eigenvalue weighted by Crippen LogP contribution is -2.52. The fourth-order valence-electron chi connectivity index (χ4n) is 5.98. The molecular formula is C30H42N4O2. The summed E-state index contributed by atoms with van der Waals surface area (Å²) in [5.74, 6) is 0. The van der Waals surface area contributed by atoms with Gasteiger partial charge < -0.3 is 31.2 Å². The molecule has 4 N–H and O–H groups in total. The molecule has 0 bridgehead atoms.